The van der Waals surface area contributed by atoms with E-state index in [1.165, 1.54) is 6.08 Å². The van der Waals surface area contributed by atoms with Gasteiger partial charge in [-0.05, 0) is 45.9 Å². The van der Waals surface area contributed by atoms with Crippen LogP contribution in [0.15, 0.2) is 9.66 Å². The van der Waals surface area contributed by atoms with Crippen molar-refractivity contribution in [2.45, 2.75) is 13.8 Å². The van der Waals surface area contributed by atoms with E-state index in [0.717, 1.165) is 3.58 Å². The number of amides is 2. The number of nitrogens with two attached hydrogens (primary N) is 2. The Morgan fingerprint density at radius 3 is 1.85 bits per heavy atom. The average molecular weight is 294 g/mol. The monoisotopic (exact) mass is 294 g/mol. The van der Waals surface area contributed by atoms with Crippen molar-refractivity contribution in [3.05, 3.63) is 9.66 Å². The van der Waals surface area contributed by atoms with Gasteiger partial charge in [-0.15, -0.1) is 0 Å². The van der Waals surface area contributed by atoms with Gasteiger partial charge in [0.2, 0.25) is 5.91 Å². The number of rotatable bonds is 1. The third-order valence-electron chi connectivity index (χ3n) is 0.589. The van der Waals surface area contributed by atoms with Gasteiger partial charge < -0.3 is 11.5 Å². The molecule has 72 valence electrons. The Morgan fingerprint density at radius 2 is 1.85 bits per heavy atom. The van der Waals surface area contributed by atoms with Crippen molar-refractivity contribution >= 4 is 34.4 Å². The predicted molar refractivity (Wildman–Crippen MR) is 59.6 cm³/mol. The zero-order valence-corrected chi connectivity index (χ0v) is 9.58. The van der Waals surface area contributed by atoms with Gasteiger partial charge in [-0.2, -0.15) is 0 Å². The largest absolute Gasteiger partial charge is 0.366 e. The van der Waals surface area contributed by atoms with Crippen LogP contribution in [0.25, 0.3) is 0 Å². The number of hydrogen-bond donors (Lipinski definition) is 2. The molecule has 0 atom stereocenters. The van der Waals surface area contributed by atoms with Crippen molar-refractivity contribution in [2.24, 2.45) is 11.5 Å². The van der Waals surface area contributed by atoms with Crippen LogP contribution in [0.2, 0.25) is 0 Å². The molecule has 0 aromatic rings. The molecule has 0 saturated carbocycles. The highest BCUT2D eigenvalue weighted by molar-refractivity contribution is 14.1. The molecule has 0 aliphatic rings. The van der Waals surface area contributed by atoms with E-state index in [4.69, 9.17) is 5.73 Å². The van der Waals surface area contributed by atoms with E-state index in [1.807, 2.05) is 29.5 Å². The Morgan fingerprint density at radius 1 is 1.38 bits per heavy atom. The summed E-state index contributed by atoms with van der Waals surface area (Å²) in [6.07, 6.45) is 1.38. The lowest BCUT2D eigenvalue weighted by molar-refractivity contribution is -0.114. The SMILES string of the molecule is C/C(I)=C/C(N)=O.CC#CC(N)=O. The fourth-order valence-electron chi connectivity index (χ4n) is 0.319. The van der Waals surface area contributed by atoms with Crippen LogP contribution < -0.4 is 11.5 Å². The maximum absolute atomic E-state index is 9.95. The highest BCUT2D eigenvalue weighted by Crippen LogP contribution is 2.00. The van der Waals surface area contributed by atoms with E-state index in [2.05, 4.69) is 17.6 Å². The lowest BCUT2D eigenvalue weighted by atomic mass is 10.5. The third kappa shape index (κ3) is 24.8. The van der Waals surface area contributed by atoms with Crippen LogP contribution in [0.1, 0.15) is 13.8 Å². The van der Waals surface area contributed by atoms with E-state index in [9.17, 15) is 9.59 Å². The van der Waals surface area contributed by atoms with Gasteiger partial charge in [0.1, 0.15) is 0 Å². The van der Waals surface area contributed by atoms with E-state index in [1.54, 1.807) is 6.92 Å². The molecule has 0 saturated heterocycles. The highest BCUT2D eigenvalue weighted by Gasteiger charge is 1.82. The molecule has 0 aromatic heterocycles. The van der Waals surface area contributed by atoms with E-state index >= 15 is 0 Å². The van der Waals surface area contributed by atoms with Crippen LogP contribution in [0.3, 0.4) is 0 Å². The molecule has 13 heavy (non-hydrogen) atoms. The summed E-state index contributed by atoms with van der Waals surface area (Å²) in [5.74, 6) is 3.49. The van der Waals surface area contributed by atoms with Gasteiger partial charge in [-0.3, -0.25) is 9.59 Å². The molecular weight excluding hydrogens is 283 g/mol. The van der Waals surface area contributed by atoms with Crippen LogP contribution in [0.4, 0.5) is 0 Å². The summed E-state index contributed by atoms with van der Waals surface area (Å²) in [5.41, 5.74) is 9.36. The molecule has 2 amide bonds. The third-order valence-corrected chi connectivity index (χ3v) is 0.901. The van der Waals surface area contributed by atoms with Crippen molar-refractivity contribution in [1.29, 1.82) is 0 Å². The molecule has 0 aromatic carbocycles. The number of allylic oxidation sites excluding steroid dienone is 1. The minimum absolute atomic E-state index is 0.382. The van der Waals surface area contributed by atoms with Gasteiger partial charge in [-0.25, -0.2) is 0 Å². The van der Waals surface area contributed by atoms with Crippen molar-refractivity contribution in [3.63, 3.8) is 0 Å². The molecule has 0 aliphatic carbocycles. The summed E-state index contributed by atoms with van der Waals surface area (Å²) in [7, 11) is 0. The van der Waals surface area contributed by atoms with E-state index in [-0.39, 0.29) is 5.91 Å². The fourth-order valence-corrected chi connectivity index (χ4v) is 0.626. The maximum Gasteiger partial charge on any atom is 0.293 e. The van der Waals surface area contributed by atoms with Crippen LogP contribution in [-0.2, 0) is 9.59 Å². The minimum atomic E-state index is -0.572. The minimum Gasteiger partial charge on any atom is -0.366 e. The normalized spacial score (nSPS) is 8.69. The summed E-state index contributed by atoms with van der Waals surface area (Å²) < 4.78 is 0.908. The number of carbonyl (C=O) groups is 2. The second-order valence-corrected chi connectivity index (χ2v) is 3.57. The Hall–Kier alpha value is -1.03. The zero-order valence-electron chi connectivity index (χ0n) is 7.43. The van der Waals surface area contributed by atoms with Gasteiger partial charge in [0.15, 0.2) is 0 Å². The Labute approximate surface area is 90.9 Å². The first-order valence-corrected chi connectivity index (χ1v) is 4.33. The lowest BCUT2D eigenvalue weighted by Gasteiger charge is -1.78. The molecule has 0 heterocycles. The number of halogens is 1. The second-order valence-electron chi connectivity index (χ2n) is 1.87. The van der Waals surface area contributed by atoms with Gasteiger partial charge >= 0.3 is 0 Å². The van der Waals surface area contributed by atoms with E-state index in [0.29, 0.717) is 0 Å². The lowest BCUT2D eigenvalue weighted by Crippen LogP contribution is -2.05. The first-order valence-electron chi connectivity index (χ1n) is 3.25. The molecule has 0 aliphatic heterocycles. The average Bonchev–Trinajstić information content (AvgIpc) is 1.83. The smallest absolute Gasteiger partial charge is 0.293 e. The fraction of sp³-hybridized carbons (Fsp3) is 0.250. The maximum atomic E-state index is 9.95. The number of carbonyl (C=O) groups excluding carboxylic acids is 2. The van der Waals surface area contributed by atoms with Gasteiger partial charge in [0, 0.05) is 6.08 Å². The Balaban J connectivity index is 0. The van der Waals surface area contributed by atoms with Crippen molar-refractivity contribution in [2.75, 3.05) is 0 Å². The van der Waals surface area contributed by atoms with E-state index < -0.39 is 5.91 Å². The first kappa shape index (κ1) is 14.5. The second kappa shape index (κ2) is 9.06. The molecule has 4 N–H and O–H groups in total. The highest BCUT2D eigenvalue weighted by atomic mass is 127. The Kier molecular flexibility index (Phi) is 10.1. The van der Waals surface area contributed by atoms with Gasteiger partial charge in [-0.1, -0.05) is 5.92 Å². The van der Waals surface area contributed by atoms with Crippen molar-refractivity contribution in [3.8, 4) is 11.8 Å². The molecule has 0 fully saturated rings. The quantitative estimate of drug-likeness (QED) is 0.414. The summed E-state index contributed by atoms with van der Waals surface area (Å²) in [4.78, 5) is 19.6. The van der Waals surface area contributed by atoms with Crippen LogP contribution in [0.5, 0.6) is 0 Å². The summed E-state index contributed by atoms with van der Waals surface area (Å²) in [5, 5.41) is 0. The standard InChI is InChI=1S/C4H6INO.C4H5NO/c1-3(5)2-4(6)7;1-2-3-4(5)6/h2H,1H3,(H2,6,7);1H3,(H2,5,6)/b3-2-;. The van der Waals surface area contributed by atoms with Crippen LogP contribution >= 0.6 is 22.6 Å². The summed E-state index contributed by atoms with van der Waals surface area (Å²) in [6, 6.07) is 0. The van der Waals surface area contributed by atoms with Gasteiger partial charge in [0.05, 0.1) is 0 Å². The summed E-state index contributed by atoms with van der Waals surface area (Å²) in [6.45, 7) is 3.37. The van der Waals surface area contributed by atoms with Crippen molar-refractivity contribution < 1.29 is 9.59 Å². The molecule has 0 radical (unpaired) electrons. The summed E-state index contributed by atoms with van der Waals surface area (Å²) >= 11 is 2.02. The van der Waals surface area contributed by atoms with Gasteiger partial charge in [0.25, 0.3) is 5.91 Å². The number of hydrogen-bond acceptors (Lipinski definition) is 2. The first-order chi connectivity index (χ1) is 5.90. The molecule has 0 rings (SSSR count). The molecule has 0 bridgehead atoms. The number of primary amides is 2. The molecule has 4 nitrogen and oxygen atoms in total. The predicted octanol–water partition coefficient (Wildman–Crippen LogP) is 0.306. The van der Waals surface area contributed by atoms with Crippen molar-refractivity contribution in [1.82, 2.24) is 0 Å². The molecule has 0 unspecified atom stereocenters. The van der Waals surface area contributed by atoms with Crippen LogP contribution in [0, 0.1) is 11.8 Å². The molecular formula is C8H11IN2O2. The molecule has 5 heteroatoms. The van der Waals surface area contributed by atoms with Crippen LogP contribution in [-0.4, -0.2) is 11.8 Å². The Bertz CT molecular complexity index is 270. The zero-order chi connectivity index (χ0) is 10.9. The molecule has 0 spiro atoms. The topological polar surface area (TPSA) is 86.2 Å².